The molecule has 1 aromatic carbocycles. The molecule has 1 unspecified atom stereocenters. The Labute approximate surface area is 118 Å². The van der Waals surface area contributed by atoms with E-state index in [1.54, 1.807) is 11.1 Å². The molecule has 0 spiro atoms. The van der Waals surface area contributed by atoms with Gasteiger partial charge < -0.3 is 10.2 Å². The van der Waals surface area contributed by atoms with Gasteiger partial charge in [0.1, 0.15) is 0 Å². The summed E-state index contributed by atoms with van der Waals surface area (Å²) in [6.45, 7) is 4.52. The van der Waals surface area contributed by atoms with Gasteiger partial charge in [-0.15, -0.1) is 0 Å². The summed E-state index contributed by atoms with van der Waals surface area (Å²) in [5.41, 5.74) is 4.54. The average Bonchev–Trinajstić information content (AvgIpc) is 2.46. The highest BCUT2D eigenvalue weighted by Crippen LogP contribution is 2.26. The second-order valence-corrected chi connectivity index (χ2v) is 5.87. The van der Waals surface area contributed by atoms with E-state index in [0.29, 0.717) is 0 Å². The molecule has 0 heterocycles. The molecule has 2 nitrogen and oxygen atoms in total. The van der Waals surface area contributed by atoms with Crippen LogP contribution in [0.15, 0.2) is 18.2 Å². The highest BCUT2D eigenvalue weighted by atomic mass is 15.1. The minimum absolute atomic E-state index is 0.728. The van der Waals surface area contributed by atoms with Crippen molar-refractivity contribution in [2.24, 2.45) is 5.92 Å². The van der Waals surface area contributed by atoms with Gasteiger partial charge in [0.05, 0.1) is 0 Å². The van der Waals surface area contributed by atoms with Crippen LogP contribution in [0.4, 0.5) is 5.69 Å². The van der Waals surface area contributed by atoms with E-state index in [2.05, 4.69) is 42.4 Å². The Balaban J connectivity index is 2.04. The molecule has 1 atom stereocenters. The minimum atomic E-state index is 0.728. The molecule has 1 aromatic rings. The number of nitrogens with zero attached hydrogens (tertiary/aromatic N) is 1. The zero-order valence-corrected chi connectivity index (χ0v) is 12.7. The number of hydrogen-bond donors (Lipinski definition) is 1. The van der Waals surface area contributed by atoms with Gasteiger partial charge in [0.15, 0.2) is 0 Å². The Morgan fingerprint density at radius 1 is 1.21 bits per heavy atom. The summed E-state index contributed by atoms with van der Waals surface area (Å²) in [5.74, 6) is 0.728. The lowest BCUT2D eigenvalue weighted by atomic mass is 9.91. The van der Waals surface area contributed by atoms with Crippen LogP contribution in [0, 0.1) is 5.92 Å². The quantitative estimate of drug-likeness (QED) is 0.844. The molecule has 19 heavy (non-hydrogen) atoms. The van der Waals surface area contributed by atoms with Crippen molar-refractivity contribution in [3.05, 3.63) is 29.3 Å². The Kier molecular flexibility index (Phi) is 5.26. The fourth-order valence-corrected chi connectivity index (χ4v) is 3.08. The van der Waals surface area contributed by atoms with Gasteiger partial charge in [-0.1, -0.05) is 19.4 Å². The molecule has 0 saturated carbocycles. The summed E-state index contributed by atoms with van der Waals surface area (Å²) in [6, 6.07) is 7.07. The summed E-state index contributed by atoms with van der Waals surface area (Å²) < 4.78 is 0. The van der Waals surface area contributed by atoms with Crippen LogP contribution in [-0.4, -0.2) is 27.2 Å². The molecule has 0 fully saturated rings. The molecule has 0 aliphatic heterocycles. The normalized spacial score (nSPS) is 15.9. The van der Waals surface area contributed by atoms with Crippen molar-refractivity contribution in [3.63, 3.8) is 0 Å². The first-order valence-corrected chi connectivity index (χ1v) is 7.72. The van der Waals surface area contributed by atoms with E-state index in [0.717, 1.165) is 19.0 Å². The molecule has 0 radical (unpaired) electrons. The topological polar surface area (TPSA) is 15.3 Å². The van der Waals surface area contributed by atoms with Gasteiger partial charge in [-0.2, -0.15) is 0 Å². The second kappa shape index (κ2) is 6.95. The van der Waals surface area contributed by atoms with Crippen LogP contribution >= 0.6 is 0 Å². The number of aryl methyl sites for hydroxylation is 2. The molecule has 106 valence electrons. The number of hydrogen-bond acceptors (Lipinski definition) is 2. The summed E-state index contributed by atoms with van der Waals surface area (Å²) in [4.78, 5) is 2.42. The van der Waals surface area contributed by atoms with E-state index < -0.39 is 0 Å². The lowest BCUT2D eigenvalue weighted by Gasteiger charge is -2.26. The fraction of sp³-hybridized carbons (Fsp3) is 0.647. The monoisotopic (exact) mass is 260 g/mol. The first-order chi connectivity index (χ1) is 9.24. The number of nitrogens with one attached hydrogen (secondary N) is 1. The van der Waals surface area contributed by atoms with Crippen LogP contribution in [0.25, 0.3) is 0 Å². The van der Waals surface area contributed by atoms with Crippen LogP contribution < -0.4 is 10.2 Å². The van der Waals surface area contributed by atoms with Gasteiger partial charge in [-0.3, -0.25) is 0 Å². The summed E-state index contributed by atoms with van der Waals surface area (Å²) in [7, 11) is 4.27. The Morgan fingerprint density at radius 3 is 2.63 bits per heavy atom. The first-order valence-electron chi connectivity index (χ1n) is 7.72. The van der Waals surface area contributed by atoms with Gasteiger partial charge in [0.25, 0.3) is 0 Å². The van der Waals surface area contributed by atoms with Crippen molar-refractivity contribution in [3.8, 4) is 0 Å². The van der Waals surface area contributed by atoms with Crippen molar-refractivity contribution in [1.29, 1.82) is 0 Å². The molecule has 0 bridgehead atoms. The van der Waals surface area contributed by atoms with Crippen LogP contribution in [0.2, 0.25) is 0 Å². The maximum atomic E-state index is 3.30. The second-order valence-electron chi connectivity index (χ2n) is 5.87. The Hall–Kier alpha value is -1.02. The van der Waals surface area contributed by atoms with Crippen LogP contribution in [0.5, 0.6) is 0 Å². The van der Waals surface area contributed by atoms with E-state index in [9.17, 15) is 0 Å². The van der Waals surface area contributed by atoms with Gasteiger partial charge in [-0.25, -0.2) is 0 Å². The van der Waals surface area contributed by atoms with E-state index in [-0.39, 0.29) is 0 Å². The summed E-state index contributed by atoms with van der Waals surface area (Å²) in [5, 5.41) is 3.30. The van der Waals surface area contributed by atoms with Gasteiger partial charge >= 0.3 is 0 Å². The number of benzene rings is 1. The maximum absolute atomic E-state index is 3.30. The highest BCUT2D eigenvalue weighted by Gasteiger charge is 2.13. The third-order valence-electron chi connectivity index (χ3n) is 4.38. The van der Waals surface area contributed by atoms with Gasteiger partial charge in [-0.05, 0) is 68.5 Å². The standard InChI is InChI=1S/C17H28N2/c1-4-14(12-18-2)13-19(3)17-10-9-15-7-5-6-8-16(15)11-17/h9-11,14,18H,4-8,12-13H2,1-3H3. The third-order valence-corrected chi connectivity index (χ3v) is 4.38. The van der Waals surface area contributed by atoms with E-state index in [1.807, 2.05) is 7.05 Å². The van der Waals surface area contributed by atoms with Gasteiger partial charge in [0.2, 0.25) is 0 Å². The number of fused-ring (bicyclic) bond motifs is 1. The molecule has 2 rings (SSSR count). The fourth-order valence-electron chi connectivity index (χ4n) is 3.08. The minimum Gasteiger partial charge on any atom is -0.374 e. The van der Waals surface area contributed by atoms with Crippen molar-refractivity contribution < 1.29 is 0 Å². The lowest BCUT2D eigenvalue weighted by Crippen LogP contribution is -2.31. The lowest BCUT2D eigenvalue weighted by molar-refractivity contribution is 0.484. The molecule has 1 aliphatic carbocycles. The third kappa shape index (κ3) is 3.73. The number of anilines is 1. The molecular weight excluding hydrogens is 232 g/mol. The first kappa shape index (κ1) is 14.4. The zero-order valence-electron chi connectivity index (χ0n) is 12.7. The number of rotatable bonds is 6. The molecule has 1 N–H and O–H groups in total. The molecule has 0 aromatic heterocycles. The molecule has 2 heteroatoms. The molecule has 1 aliphatic rings. The zero-order chi connectivity index (χ0) is 13.7. The van der Waals surface area contributed by atoms with E-state index in [4.69, 9.17) is 0 Å². The van der Waals surface area contributed by atoms with Crippen molar-refractivity contribution in [2.45, 2.75) is 39.0 Å². The average molecular weight is 260 g/mol. The molecule has 0 saturated heterocycles. The highest BCUT2D eigenvalue weighted by molar-refractivity contribution is 5.51. The van der Waals surface area contributed by atoms with Crippen molar-refractivity contribution >= 4 is 5.69 Å². The van der Waals surface area contributed by atoms with Crippen LogP contribution in [0.1, 0.15) is 37.3 Å². The summed E-state index contributed by atoms with van der Waals surface area (Å²) >= 11 is 0. The smallest absolute Gasteiger partial charge is 0.0366 e. The Morgan fingerprint density at radius 2 is 1.95 bits per heavy atom. The van der Waals surface area contributed by atoms with E-state index in [1.165, 1.54) is 37.8 Å². The largest absolute Gasteiger partial charge is 0.374 e. The summed E-state index contributed by atoms with van der Waals surface area (Å²) in [6.07, 6.45) is 6.50. The van der Waals surface area contributed by atoms with Crippen molar-refractivity contribution in [1.82, 2.24) is 5.32 Å². The molecule has 0 amide bonds. The Bertz CT molecular complexity index is 400. The van der Waals surface area contributed by atoms with Gasteiger partial charge in [0, 0.05) is 19.3 Å². The van der Waals surface area contributed by atoms with Crippen molar-refractivity contribution in [2.75, 3.05) is 32.1 Å². The maximum Gasteiger partial charge on any atom is 0.0366 e. The van der Waals surface area contributed by atoms with Crippen LogP contribution in [-0.2, 0) is 12.8 Å². The SMILES string of the molecule is CCC(CNC)CN(C)c1ccc2c(c1)CCCC2. The molecular formula is C17H28N2. The van der Waals surface area contributed by atoms with E-state index >= 15 is 0 Å². The predicted octanol–water partition coefficient (Wildman–Crippen LogP) is 3.25. The predicted molar refractivity (Wildman–Crippen MR) is 84.1 cm³/mol. The van der Waals surface area contributed by atoms with Crippen LogP contribution in [0.3, 0.4) is 0 Å².